The number of halogens is 1. The number of nitrogens with one attached hydrogen (secondary N) is 1. The Labute approximate surface area is 198 Å². The number of carbonyl (C=O) groups excluding carboxylic acids is 3. The summed E-state index contributed by atoms with van der Waals surface area (Å²) in [6, 6.07) is 6.23. The van der Waals surface area contributed by atoms with Crippen LogP contribution in [0.2, 0.25) is 5.02 Å². The molecule has 10 heteroatoms. The molecule has 0 spiro atoms. The monoisotopic (exact) mass is 476 g/mol. The van der Waals surface area contributed by atoms with Gasteiger partial charge >= 0.3 is 5.97 Å². The van der Waals surface area contributed by atoms with Crippen molar-refractivity contribution in [3.63, 3.8) is 0 Å². The van der Waals surface area contributed by atoms with Crippen LogP contribution in [0.15, 0.2) is 24.3 Å². The number of ether oxygens (including phenoxy) is 2. The molecule has 33 heavy (non-hydrogen) atoms. The second-order valence-electron chi connectivity index (χ2n) is 8.46. The fraction of sp³-hybridized carbons (Fsp3) is 0.478. The number of anilines is 1. The summed E-state index contributed by atoms with van der Waals surface area (Å²) >= 11 is 6.24. The number of methoxy groups -OCH3 is 1. The Bertz CT molecular complexity index is 1070. The fourth-order valence-electron chi connectivity index (χ4n) is 3.77. The van der Waals surface area contributed by atoms with Crippen LogP contribution < -0.4 is 15.0 Å². The van der Waals surface area contributed by atoms with Gasteiger partial charge in [0.05, 0.1) is 25.9 Å². The minimum atomic E-state index is -1.36. The molecule has 178 valence electrons. The molecule has 3 rings (SSSR count). The zero-order chi connectivity index (χ0) is 24.3. The van der Waals surface area contributed by atoms with E-state index in [-0.39, 0.29) is 30.4 Å². The first-order chi connectivity index (χ1) is 15.6. The van der Waals surface area contributed by atoms with E-state index in [0.717, 1.165) is 6.42 Å². The minimum absolute atomic E-state index is 0.00248. The standard InChI is InChI=1S/C23H29ClN4O5/c1-6-33-21(30)16-12-18-20(29)28(17-11-15(24)7-8-19(17)32-5)23(4,13-27(18)26-16)22(31)25-10-9-14(2)3/h7-8,11-12,14H,6,9-10,13H2,1-5H3,(H,25,31). The molecule has 0 saturated carbocycles. The third-order valence-electron chi connectivity index (χ3n) is 5.52. The van der Waals surface area contributed by atoms with E-state index in [4.69, 9.17) is 21.1 Å². The summed E-state index contributed by atoms with van der Waals surface area (Å²) < 4.78 is 11.9. The molecular formula is C23H29ClN4O5. The molecule has 1 atom stereocenters. The lowest BCUT2D eigenvalue weighted by atomic mass is 9.93. The lowest BCUT2D eigenvalue weighted by Crippen LogP contribution is -2.64. The number of amides is 2. The predicted molar refractivity (Wildman–Crippen MR) is 124 cm³/mol. The number of hydrogen-bond donors (Lipinski definition) is 1. The Kier molecular flexibility index (Phi) is 7.31. The number of hydrogen-bond acceptors (Lipinski definition) is 6. The highest BCUT2D eigenvalue weighted by atomic mass is 35.5. The van der Waals surface area contributed by atoms with Gasteiger partial charge in [0.25, 0.3) is 5.91 Å². The van der Waals surface area contributed by atoms with Crippen molar-refractivity contribution in [1.82, 2.24) is 15.1 Å². The number of aromatic nitrogens is 2. The van der Waals surface area contributed by atoms with Crippen molar-refractivity contribution < 1.29 is 23.9 Å². The first-order valence-corrected chi connectivity index (χ1v) is 11.2. The van der Waals surface area contributed by atoms with Crippen LogP contribution >= 0.6 is 11.6 Å². The maximum absolute atomic E-state index is 13.7. The molecule has 1 aromatic carbocycles. The van der Waals surface area contributed by atoms with Crippen molar-refractivity contribution in [1.29, 1.82) is 0 Å². The van der Waals surface area contributed by atoms with Gasteiger partial charge in [-0.3, -0.25) is 19.2 Å². The average Bonchev–Trinajstić information content (AvgIpc) is 3.18. The van der Waals surface area contributed by atoms with Gasteiger partial charge in [-0.2, -0.15) is 5.10 Å². The first-order valence-electron chi connectivity index (χ1n) is 10.8. The van der Waals surface area contributed by atoms with Gasteiger partial charge in [0.1, 0.15) is 17.0 Å². The van der Waals surface area contributed by atoms with E-state index in [2.05, 4.69) is 24.3 Å². The highest BCUT2D eigenvalue weighted by Crippen LogP contribution is 2.39. The molecule has 0 fully saturated rings. The highest BCUT2D eigenvalue weighted by molar-refractivity contribution is 6.31. The van der Waals surface area contributed by atoms with Gasteiger partial charge in [-0.05, 0) is 44.4 Å². The maximum atomic E-state index is 13.7. The van der Waals surface area contributed by atoms with Crippen LogP contribution in [0, 0.1) is 5.92 Å². The van der Waals surface area contributed by atoms with E-state index in [1.165, 1.54) is 22.8 Å². The first kappa shape index (κ1) is 24.6. The molecule has 1 N–H and O–H groups in total. The van der Waals surface area contributed by atoms with Crippen molar-refractivity contribution in [2.75, 3.05) is 25.2 Å². The van der Waals surface area contributed by atoms with Crippen LogP contribution in [0.1, 0.15) is 55.1 Å². The Morgan fingerprint density at radius 2 is 2.03 bits per heavy atom. The molecule has 0 bridgehead atoms. The van der Waals surface area contributed by atoms with Crippen molar-refractivity contribution in [2.24, 2.45) is 5.92 Å². The Balaban J connectivity index is 2.11. The van der Waals surface area contributed by atoms with E-state index < -0.39 is 17.4 Å². The Hall–Kier alpha value is -3.07. The highest BCUT2D eigenvalue weighted by Gasteiger charge is 2.50. The number of esters is 1. The molecule has 2 aromatic rings. The molecule has 1 aliphatic rings. The summed E-state index contributed by atoms with van der Waals surface area (Å²) in [4.78, 5) is 40.8. The summed E-state index contributed by atoms with van der Waals surface area (Å²) in [5.74, 6) is -0.710. The largest absolute Gasteiger partial charge is 0.495 e. The molecule has 0 radical (unpaired) electrons. The van der Waals surface area contributed by atoms with Crippen LogP contribution in [-0.2, 0) is 16.1 Å². The van der Waals surface area contributed by atoms with Gasteiger partial charge in [0.2, 0.25) is 5.91 Å². The molecule has 2 heterocycles. The van der Waals surface area contributed by atoms with Crippen LogP contribution in [0.3, 0.4) is 0 Å². The zero-order valence-corrected chi connectivity index (χ0v) is 20.2. The van der Waals surface area contributed by atoms with E-state index in [0.29, 0.717) is 28.9 Å². The van der Waals surface area contributed by atoms with Crippen molar-refractivity contribution in [3.05, 3.63) is 40.7 Å². The number of benzene rings is 1. The van der Waals surface area contributed by atoms with Crippen LogP contribution in [0.4, 0.5) is 5.69 Å². The van der Waals surface area contributed by atoms with Gasteiger partial charge in [-0.15, -0.1) is 0 Å². The van der Waals surface area contributed by atoms with E-state index >= 15 is 0 Å². The number of fused-ring (bicyclic) bond motifs is 1. The van der Waals surface area contributed by atoms with Gasteiger partial charge < -0.3 is 14.8 Å². The normalized spacial score (nSPS) is 17.7. The van der Waals surface area contributed by atoms with Crippen LogP contribution in [-0.4, -0.2) is 53.4 Å². The van der Waals surface area contributed by atoms with Gasteiger partial charge in [-0.1, -0.05) is 25.4 Å². The van der Waals surface area contributed by atoms with Gasteiger partial charge in [0, 0.05) is 17.6 Å². The smallest absolute Gasteiger partial charge is 0.358 e. The van der Waals surface area contributed by atoms with E-state index in [1.807, 2.05) is 0 Å². The molecule has 0 aliphatic carbocycles. The fourth-order valence-corrected chi connectivity index (χ4v) is 3.93. The van der Waals surface area contributed by atoms with E-state index in [1.54, 1.807) is 32.0 Å². The molecule has 1 unspecified atom stereocenters. The average molecular weight is 477 g/mol. The second kappa shape index (κ2) is 9.82. The second-order valence-corrected chi connectivity index (χ2v) is 8.90. The number of nitrogens with zero attached hydrogens (tertiary/aromatic N) is 3. The van der Waals surface area contributed by atoms with Gasteiger partial charge in [-0.25, -0.2) is 4.79 Å². The molecule has 0 saturated heterocycles. The van der Waals surface area contributed by atoms with Crippen molar-refractivity contribution in [2.45, 2.75) is 46.2 Å². The number of carbonyl (C=O) groups is 3. The Morgan fingerprint density at radius 1 is 1.30 bits per heavy atom. The lowest BCUT2D eigenvalue weighted by Gasteiger charge is -2.43. The molecule has 9 nitrogen and oxygen atoms in total. The van der Waals surface area contributed by atoms with Crippen LogP contribution in [0.25, 0.3) is 0 Å². The SMILES string of the molecule is CCOC(=O)c1cc2n(n1)CC(C)(C(=O)NCCC(C)C)N(c1cc(Cl)ccc1OC)C2=O. The summed E-state index contributed by atoms with van der Waals surface area (Å²) in [6.07, 6.45) is 0.788. The molecular weight excluding hydrogens is 448 g/mol. The molecule has 2 amide bonds. The third-order valence-corrected chi connectivity index (χ3v) is 5.75. The molecule has 1 aliphatic heterocycles. The quantitative estimate of drug-likeness (QED) is 0.586. The summed E-state index contributed by atoms with van der Waals surface area (Å²) in [5.41, 5.74) is -0.853. The topological polar surface area (TPSA) is 103 Å². The Morgan fingerprint density at radius 3 is 2.67 bits per heavy atom. The maximum Gasteiger partial charge on any atom is 0.358 e. The minimum Gasteiger partial charge on any atom is -0.495 e. The summed E-state index contributed by atoms with van der Waals surface area (Å²) in [7, 11) is 1.48. The summed E-state index contributed by atoms with van der Waals surface area (Å²) in [6.45, 7) is 8.13. The third kappa shape index (κ3) is 4.83. The number of rotatable bonds is 8. The lowest BCUT2D eigenvalue weighted by molar-refractivity contribution is -0.126. The zero-order valence-electron chi connectivity index (χ0n) is 19.5. The van der Waals surface area contributed by atoms with Gasteiger partial charge in [0.15, 0.2) is 5.69 Å². The van der Waals surface area contributed by atoms with E-state index in [9.17, 15) is 14.4 Å². The predicted octanol–water partition coefficient (Wildman–Crippen LogP) is 3.30. The van der Waals surface area contributed by atoms with Crippen molar-refractivity contribution >= 4 is 35.1 Å². The summed E-state index contributed by atoms with van der Waals surface area (Å²) in [5, 5.41) is 7.57. The van der Waals surface area contributed by atoms with Crippen LogP contribution in [0.5, 0.6) is 5.75 Å². The van der Waals surface area contributed by atoms with Crippen molar-refractivity contribution in [3.8, 4) is 5.75 Å². The molecule has 1 aromatic heterocycles.